The summed E-state index contributed by atoms with van der Waals surface area (Å²) in [6.07, 6.45) is 0.340. The molecule has 0 spiro atoms. The van der Waals surface area contributed by atoms with Gasteiger partial charge in [-0.05, 0) is 17.9 Å². The molecule has 0 heterocycles. The molecule has 1 aromatic rings. The molecule has 0 radical (unpaired) electrons. The van der Waals surface area contributed by atoms with Gasteiger partial charge in [0.25, 0.3) is 0 Å². The maximum atomic E-state index is 12.1. The highest BCUT2D eigenvalue weighted by Gasteiger charge is 2.21. The number of rotatable bonds is 9. The van der Waals surface area contributed by atoms with Crippen LogP contribution in [0.4, 0.5) is 0 Å². The Kier molecular flexibility index (Phi) is 7.15. The first-order valence-corrected chi connectivity index (χ1v) is 8.28. The predicted molar refractivity (Wildman–Crippen MR) is 79.1 cm³/mol. The van der Waals surface area contributed by atoms with Crippen LogP contribution in [0.3, 0.4) is 0 Å². The third-order valence-electron chi connectivity index (χ3n) is 3.03. The Balaban J connectivity index is 2.64. The summed E-state index contributed by atoms with van der Waals surface area (Å²) >= 11 is 0. The fourth-order valence-electron chi connectivity index (χ4n) is 2.04. The van der Waals surface area contributed by atoms with Gasteiger partial charge < -0.3 is 9.84 Å². The molecule has 0 saturated heterocycles. The largest absolute Gasteiger partial charge is 0.396 e. The van der Waals surface area contributed by atoms with Crippen LogP contribution in [0.15, 0.2) is 30.3 Å². The number of hydrogen-bond donors (Lipinski definition) is 2. The van der Waals surface area contributed by atoms with Crippen LogP contribution in [0, 0.1) is 0 Å². The lowest BCUT2D eigenvalue weighted by Gasteiger charge is -2.19. The Morgan fingerprint density at radius 3 is 2.50 bits per heavy atom. The lowest BCUT2D eigenvalue weighted by molar-refractivity contribution is 0.158. The molecule has 1 aromatic carbocycles. The van der Waals surface area contributed by atoms with Crippen LogP contribution < -0.4 is 4.72 Å². The zero-order valence-electron chi connectivity index (χ0n) is 12.0. The van der Waals surface area contributed by atoms with Crippen molar-refractivity contribution in [2.75, 3.05) is 26.1 Å². The van der Waals surface area contributed by atoms with Gasteiger partial charge in [-0.2, -0.15) is 0 Å². The van der Waals surface area contributed by atoms with Gasteiger partial charge in [-0.3, -0.25) is 0 Å². The summed E-state index contributed by atoms with van der Waals surface area (Å²) < 4.78 is 31.8. The van der Waals surface area contributed by atoms with E-state index in [9.17, 15) is 8.42 Å². The second kappa shape index (κ2) is 8.36. The molecule has 2 N–H and O–H groups in total. The predicted octanol–water partition coefficient (Wildman–Crippen LogP) is 1.11. The topological polar surface area (TPSA) is 75.6 Å². The molecule has 0 aromatic heterocycles. The summed E-state index contributed by atoms with van der Waals surface area (Å²) in [6.45, 7) is 2.05. The number of hydrogen-bond acceptors (Lipinski definition) is 4. The first kappa shape index (κ1) is 17.1. The van der Waals surface area contributed by atoms with Gasteiger partial charge in [0, 0.05) is 19.8 Å². The molecule has 0 saturated carbocycles. The smallest absolute Gasteiger partial charge is 0.212 e. The molecule has 5 nitrogen and oxygen atoms in total. The average Bonchev–Trinajstić information content (AvgIpc) is 2.39. The van der Waals surface area contributed by atoms with Crippen molar-refractivity contribution in [1.82, 2.24) is 4.72 Å². The number of ether oxygens (including phenoxy) is 1. The molecule has 114 valence electrons. The minimum absolute atomic E-state index is 0.0165. The van der Waals surface area contributed by atoms with E-state index in [1.807, 2.05) is 37.3 Å². The van der Waals surface area contributed by atoms with E-state index in [2.05, 4.69) is 4.72 Å². The molecule has 0 aliphatic carbocycles. The van der Waals surface area contributed by atoms with E-state index in [1.54, 1.807) is 0 Å². The van der Waals surface area contributed by atoms with E-state index in [1.165, 1.54) is 7.11 Å². The van der Waals surface area contributed by atoms with Crippen LogP contribution in [-0.4, -0.2) is 45.6 Å². The van der Waals surface area contributed by atoms with E-state index < -0.39 is 16.1 Å². The van der Waals surface area contributed by atoms with Gasteiger partial charge >= 0.3 is 0 Å². The molecule has 0 bridgehead atoms. The van der Waals surface area contributed by atoms with Crippen LogP contribution in [-0.2, 0) is 14.8 Å². The average molecular weight is 301 g/mol. The monoisotopic (exact) mass is 301 g/mol. The Hall–Kier alpha value is -0.950. The van der Waals surface area contributed by atoms with Crippen LogP contribution in [0.5, 0.6) is 0 Å². The third-order valence-corrected chi connectivity index (χ3v) is 4.66. The van der Waals surface area contributed by atoms with E-state index in [-0.39, 0.29) is 24.9 Å². The number of aliphatic hydroxyl groups excluding tert-OH is 1. The number of aliphatic hydroxyl groups is 1. The van der Waals surface area contributed by atoms with Crippen molar-refractivity contribution >= 4 is 10.0 Å². The molecule has 0 fully saturated rings. The van der Waals surface area contributed by atoms with Crippen molar-refractivity contribution in [2.45, 2.75) is 25.3 Å². The fourth-order valence-corrected chi connectivity index (χ4v) is 3.68. The van der Waals surface area contributed by atoms with Crippen molar-refractivity contribution in [1.29, 1.82) is 0 Å². The lowest BCUT2D eigenvalue weighted by atomic mass is 10.0. The van der Waals surface area contributed by atoms with Crippen molar-refractivity contribution in [2.24, 2.45) is 0 Å². The Bertz CT molecular complexity index is 469. The molecule has 2 atom stereocenters. The highest BCUT2D eigenvalue weighted by atomic mass is 32.2. The van der Waals surface area contributed by atoms with Crippen molar-refractivity contribution in [3.8, 4) is 0 Å². The number of benzene rings is 1. The zero-order chi connectivity index (χ0) is 15.0. The number of nitrogens with one attached hydrogen (secondary N) is 1. The van der Waals surface area contributed by atoms with E-state index in [4.69, 9.17) is 9.84 Å². The summed E-state index contributed by atoms with van der Waals surface area (Å²) in [7, 11) is -1.91. The van der Waals surface area contributed by atoms with E-state index >= 15 is 0 Å². The zero-order valence-corrected chi connectivity index (χ0v) is 12.8. The van der Waals surface area contributed by atoms with Gasteiger partial charge in [-0.1, -0.05) is 37.3 Å². The van der Waals surface area contributed by atoms with Crippen molar-refractivity contribution in [3.63, 3.8) is 0 Å². The van der Waals surface area contributed by atoms with Gasteiger partial charge in [0.05, 0.1) is 12.4 Å². The SMILES string of the molecule is COCC(CCO)NS(=O)(=O)CC(C)c1ccccc1. The maximum Gasteiger partial charge on any atom is 0.212 e. The number of sulfonamides is 1. The molecule has 0 aliphatic heterocycles. The molecule has 2 unspecified atom stereocenters. The summed E-state index contributed by atoms with van der Waals surface area (Å²) in [5.41, 5.74) is 0.989. The molecular weight excluding hydrogens is 278 g/mol. The normalized spacial score (nSPS) is 14.9. The maximum absolute atomic E-state index is 12.1. The lowest BCUT2D eigenvalue weighted by Crippen LogP contribution is -2.40. The Labute approximate surface area is 121 Å². The first-order valence-electron chi connectivity index (χ1n) is 6.63. The van der Waals surface area contributed by atoms with Crippen LogP contribution in [0.2, 0.25) is 0 Å². The minimum Gasteiger partial charge on any atom is -0.396 e. The van der Waals surface area contributed by atoms with Crippen LogP contribution in [0.25, 0.3) is 0 Å². The van der Waals surface area contributed by atoms with E-state index in [0.29, 0.717) is 6.42 Å². The Morgan fingerprint density at radius 1 is 1.30 bits per heavy atom. The van der Waals surface area contributed by atoms with Gasteiger partial charge in [-0.25, -0.2) is 13.1 Å². The summed E-state index contributed by atoms with van der Waals surface area (Å²) in [4.78, 5) is 0. The molecule has 6 heteroatoms. The highest BCUT2D eigenvalue weighted by Crippen LogP contribution is 2.16. The molecule has 0 amide bonds. The van der Waals surface area contributed by atoms with Crippen LogP contribution >= 0.6 is 0 Å². The third kappa shape index (κ3) is 6.00. The quantitative estimate of drug-likeness (QED) is 0.716. The number of methoxy groups -OCH3 is 1. The van der Waals surface area contributed by atoms with Crippen molar-refractivity contribution < 1.29 is 18.3 Å². The molecule has 1 rings (SSSR count). The first-order chi connectivity index (χ1) is 9.48. The van der Waals surface area contributed by atoms with Crippen molar-refractivity contribution in [3.05, 3.63) is 35.9 Å². The molecule has 20 heavy (non-hydrogen) atoms. The summed E-state index contributed by atoms with van der Waals surface area (Å²) in [6, 6.07) is 9.13. The summed E-state index contributed by atoms with van der Waals surface area (Å²) in [5.74, 6) is -0.0751. The second-order valence-electron chi connectivity index (χ2n) is 4.88. The second-order valence-corrected chi connectivity index (χ2v) is 6.67. The van der Waals surface area contributed by atoms with Gasteiger partial charge in [0.2, 0.25) is 10.0 Å². The molecular formula is C14H23NO4S. The molecule has 0 aliphatic rings. The minimum atomic E-state index is -3.41. The standard InChI is InChI=1S/C14H23NO4S/c1-12(13-6-4-3-5-7-13)11-20(17,18)15-14(8-9-16)10-19-2/h3-7,12,14-16H,8-11H2,1-2H3. The van der Waals surface area contributed by atoms with Gasteiger partial charge in [0.1, 0.15) is 0 Å². The Morgan fingerprint density at radius 2 is 1.95 bits per heavy atom. The fraction of sp³-hybridized carbons (Fsp3) is 0.571. The van der Waals surface area contributed by atoms with E-state index in [0.717, 1.165) is 5.56 Å². The highest BCUT2D eigenvalue weighted by molar-refractivity contribution is 7.89. The summed E-state index contributed by atoms with van der Waals surface area (Å²) in [5, 5.41) is 8.93. The van der Waals surface area contributed by atoms with Crippen LogP contribution in [0.1, 0.15) is 24.8 Å². The van der Waals surface area contributed by atoms with Gasteiger partial charge in [0.15, 0.2) is 0 Å². The van der Waals surface area contributed by atoms with Gasteiger partial charge in [-0.15, -0.1) is 0 Å².